The number of nitrogens with one attached hydrogen (secondary N) is 1. The van der Waals surface area contributed by atoms with E-state index in [1.54, 1.807) is 0 Å². The van der Waals surface area contributed by atoms with Crippen molar-refractivity contribution in [3.63, 3.8) is 0 Å². The Labute approximate surface area is 142 Å². The van der Waals surface area contributed by atoms with E-state index >= 15 is 0 Å². The van der Waals surface area contributed by atoms with E-state index in [4.69, 9.17) is 15.2 Å². The van der Waals surface area contributed by atoms with Gasteiger partial charge >= 0.3 is 6.09 Å². The van der Waals surface area contributed by atoms with Gasteiger partial charge in [0.2, 0.25) is 0 Å². The fourth-order valence-electron chi connectivity index (χ4n) is 2.12. The molecule has 2 aromatic carbocycles. The molecule has 2 rings (SSSR count). The summed E-state index contributed by atoms with van der Waals surface area (Å²) in [4.78, 5) is 11.9. The van der Waals surface area contributed by atoms with Crippen molar-refractivity contribution in [3.8, 4) is 11.5 Å². The van der Waals surface area contributed by atoms with Gasteiger partial charge in [0, 0.05) is 6.54 Å². The van der Waals surface area contributed by atoms with Crippen LogP contribution in [0.25, 0.3) is 0 Å². The van der Waals surface area contributed by atoms with Crippen molar-refractivity contribution < 1.29 is 14.3 Å². The van der Waals surface area contributed by atoms with E-state index in [2.05, 4.69) is 5.32 Å². The number of nitrogens with two attached hydrogens (primary N) is 1. The SMILES string of the molecule is CC(C)(C)OC(=O)NC(CN)c1ccc(Oc2ccccc2)cc1. The van der Waals surface area contributed by atoms with Gasteiger partial charge in [0.05, 0.1) is 6.04 Å². The molecule has 0 aliphatic carbocycles. The van der Waals surface area contributed by atoms with Crippen LogP contribution in [-0.2, 0) is 4.74 Å². The molecule has 0 saturated heterocycles. The van der Waals surface area contributed by atoms with Crippen LogP contribution in [-0.4, -0.2) is 18.2 Å². The smallest absolute Gasteiger partial charge is 0.408 e. The van der Waals surface area contributed by atoms with Gasteiger partial charge in [0.25, 0.3) is 0 Å². The Morgan fingerprint density at radius 1 is 1.04 bits per heavy atom. The summed E-state index contributed by atoms with van der Waals surface area (Å²) < 4.78 is 11.0. The second kappa shape index (κ2) is 7.84. The van der Waals surface area contributed by atoms with Crippen molar-refractivity contribution in [2.24, 2.45) is 5.73 Å². The van der Waals surface area contributed by atoms with E-state index in [1.165, 1.54) is 0 Å². The number of hydrogen-bond donors (Lipinski definition) is 2. The zero-order valence-corrected chi connectivity index (χ0v) is 14.3. The second-order valence-corrected chi connectivity index (χ2v) is 6.42. The zero-order chi connectivity index (χ0) is 17.6. The van der Waals surface area contributed by atoms with Gasteiger partial charge in [0.1, 0.15) is 17.1 Å². The maximum atomic E-state index is 11.9. The summed E-state index contributed by atoms with van der Waals surface area (Å²) in [5, 5.41) is 2.78. The predicted molar refractivity (Wildman–Crippen MR) is 94.1 cm³/mol. The highest BCUT2D eigenvalue weighted by atomic mass is 16.6. The van der Waals surface area contributed by atoms with Crippen LogP contribution in [0, 0.1) is 0 Å². The average Bonchev–Trinajstić information content (AvgIpc) is 2.53. The molecule has 0 aliphatic heterocycles. The highest BCUT2D eigenvalue weighted by Gasteiger charge is 2.19. The molecule has 0 radical (unpaired) electrons. The van der Waals surface area contributed by atoms with Crippen LogP contribution in [0.1, 0.15) is 32.4 Å². The lowest BCUT2D eigenvalue weighted by Crippen LogP contribution is -2.37. The molecule has 0 saturated carbocycles. The molecule has 0 heterocycles. The molecule has 0 aliphatic rings. The summed E-state index contributed by atoms with van der Waals surface area (Å²) in [6.07, 6.45) is -0.484. The molecule has 1 amide bonds. The van der Waals surface area contributed by atoms with Crippen molar-refractivity contribution in [2.45, 2.75) is 32.4 Å². The summed E-state index contributed by atoms with van der Waals surface area (Å²) >= 11 is 0. The van der Waals surface area contributed by atoms with Crippen molar-refractivity contribution in [3.05, 3.63) is 60.2 Å². The third-order valence-corrected chi connectivity index (χ3v) is 3.19. The van der Waals surface area contributed by atoms with Crippen LogP contribution in [0.15, 0.2) is 54.6 Å². The van der Waals surface area contributed by atoms with Crippen LogP contribution in [0.5, 0.6) is 11.5 Å². The van der Waals surface area contributed by atoms with Crippen molar-refractivity contribution in [1.29, 1.82) is 0 Å². The van der Waals surface area contributed by atoms with Crippen LogP contribution < -0.4 is 15.8 Å². The van der Waals surface area contributed by atoms with Crippen LogP contribution >= 0.6 is 0 Å². The molecular formula is C19H24N2O3. The first-order valence-corrected chi connectivity index (χ1v) is 7.90. The maximum Gasteiger partial charge on any atom is 0.408 e. The number of rotatable bonds is 5. The quantitative estimate of drug-likeness (QED) is 0.870. The number of amides is 1. The highest BCUT2D eigenvalue weighted by molar-refractivity contribution is 5.68. The Kier molecular flexibility index (Phi) is 5.82. The molecule has 0 aromatic heterocycles. The molecule has 5 heteroatoms. The van der Waals surface area contributed by atoms with Crippen molar-refractivity contribution >= 4 is 6.09 Å². The Balaban J connectivity index is 2.01. The Morgan fingerprint density at radius 3 is 2.17 bits per heavy atom. The van der Waals surface area contributed by atoms with Crippen LogP contribution in [0.3, 0.4) is 0 Å². The second-order valence-electron chi connectivity index (χ2n) is 6.42. The number of ether oxygens (including phenoxy) is 2. The summed E-state index contributed by atoms with van der Waals surface area (Å²) in [5.41, 5.74) is 6.12. The predicted octanol–water partition coefficient (Wildman–Crippen LogP) is 4.00. The van der Waals surface area contributed by atoms with Gasteiger partial charge in [-0.1, -0.05) is 30.3 Å². The zero-order valence-electron chi connectivity index (χ0n) is 14.3. The first-order chi connectivity index (χ1) is 11.4. The molecule has 1 unspecified atom stereocenters. The number of carbonyl (C=O) groups excluding carboxylic acids is 1. The monoisotopic (exact) mass is 328 g/mol. The van der Waals surface area contributed by atoms with E-state index in [-0.39, 0.29) is 12.6 Å². The third kappa shape index (κ3) is 5.59. The van der Waals surface area contributed by atoms with Crippen LogP contribution in [0.4, 0.5) is 4.79 Å². The van der Waals surface area contributed by atoms with E-state index in [0.29, 0.717) is 0 Å². The number of alkyl carbamates (subject to hydrolysis) is 1. The Morgan fingerprint density at radius 2 is 1.62 bits per heavy atom. The van der Waals surface area contributed by atoms with Gasteiger partial charge in [-0.15, -0.1) is 0 Å². The number of carbonyl (C=O) groups is 1. The average molecular weight is 328 g/mol. The molecule has 0 fully saturated rings. The Bertz CT molecular complexity index is 649. The van der Waals surface area contributed by atoms with Gasteiger partial charge in [0.15, 0.2) is 0 Å². The van der Waals surface area contributed by atoms with Crippen molar-refractivity contribution in [2.75, 3.05) is 6.54 Å². The summed E-state index contributed by atoms with van der Waals surface area (Å²) in [5.74, 6) is 1.49. The number of para-hydroxylation sites is 1. The molecule has 2 aromatic rings. The van der Waals surface area contributed by atoms with Crippen LogP contribution in [0.2, 0.25) is 0 Å². The van der Waals surface area contributed by atoms with Gasteiger partial charge in [-0.3, -0.25) is 0 Å². The third-order valence-electron chi connectivity index (χ3n) is 3.19. The van der Waals surface area contributed by atoms with Crippen molar-refractivity contribution in [1.82, 2.24) is 5.32 Å². The van der Waals surface area contributed by atoms with Gasteiger partial charge in [-0.05, 0) is 50.6 Å². The van der Waals surface area contributed by atoms with Gasteiger partial charge in [-0.2, -0.15) is 0 Å². The van der Waals surface area contributed by atoms with Gasteiger partial charge in [-0.25, -0.2) is 4.79 Å². The minimum atomic E-state index is -0.545. The van der Waals surface area contributed by atoms with Gasteiger partial charge < -0.3 is 20.5 Å². The maximum absolute atomic E-state index is 11.9. The minimum Gasteiger partial charge on any atom is -0.457 e. The number of hydrogen-bond acceptors (Lipinski definition) is 4. The molecule has 3 N–H and O–H groups in total. The molecule has 1 atom stereocenters. The minimum absolute atomic E-state index is 0.276. The lowest BCUT2D eigenvalue weighted by atomic mass is 10.1. The molecule has 128 valence electrons. The van der Waals surface area contributed by atoms with E-state index in [1.807, 2.05) is 75.4 Å². The highest BCUT2D eigenvalue weighted by Crippen LogP contribution is 2.23. The standard InChI is InChI=1S/C19H24N2O3/c1-19(2,3)24-18(22)21-17(13-20)14-9-11-16(12-10-14)23-15-7-5-4-6-8-15/h4-12,17H,13,20H2,1-3H3,(H,21,22). The first-order valence-electron chi connectivity index (χ1n) is 7.90. The molecule has 0 bridgehead atoms. The molecule has 0 spiro atoms. The largest absolute Gasteiger partial charge is 0.457 e. The number of benzene rings is 2. The fourth-order valence-corrected chi connectivity index (χ4v) is 2.12. The van der Waals surface area contributed by atoms with E-state index in [9.17, 15) is 4.79 Å². The lowest BCUT2D eigenvalue weighted by Gasteiger charge is -2.23. The first kappa shape index (κ1) is 17.8. The summed E-state index contributed by atoms with van der Waals surface area (Å²) in [7, 11) is 0. The molecule has 24 heavy (non-hydrogen) atoms. The summed E-state index contributed by atoms with van der Waals surface area (Å²) in [6.45, 7) is 5.73. The fraction of sp³-hybridized carbons (Fsp3) is 0.316. The van der Waals surface area contributed by atoms with E-state index in [0.717, 1.165) is 17.1 Å². The topological polar surface area (TPSA) is 73.6 Å². The lowest BCUT2D eigenvalue weighted by molar-refractivity contribution is 0.0505. The molecular weight excluding hydrogens is 304 g/mol. The summed E-state index contributed by atoms with van der Waals surface area (Å²) in [6, 6.07) is 16.7. The van der Waals surface area contributed by atoms with E-state index < -0.39 is 11.7 Å². The normalized spacial score (nSPS) is 12.3. The molecule has 5 nitrogen and oxygen atoms in total. The Hall–Kier alpha value is -2.53.